The first-order valence-corrected chi connectivity index (χ1v) is 8.55. The molecule has 0 saturated carbocycles. The number of rotatable bonds is 8. The number of halogens is 1. The molecule has 0 unspecified atom stereocenters. The van der Waals surface area contributed by atoms with E-state index >= 15 is 0 Å². The largest absolute Gasteiger partial charge is 0.384 e. The number of nitrogens with one attached hydrogen (secondary N) is 1. The summed E-state index contributed by atoms with van der Waals surface area (Å²) in [6, 6.07) is 5.88. The van der Waals surface area contributed by atoms with Gasteiger partial charge in [-0.2, -0.15) is 0 Å². The van der Waals surface area contributed by atoms with Gasteiger partial charge in [0.1, 0.15) is 0 Å². The second-order valence-electron chi connectivity index (χ2n) is 5.61. The Morgan fingerprint density at radius 2 is 1.95 bits per heavy atom. The Balaban J connectivity index is 1.98. The van der Waals surface area contributed by atoms with Gasteiger partial charge in [0.15, 0.2) is 0 Å². The minimum absolute atomic E-state index is 0.763. The van der Waals surface area contributed by atoms with Gasteiger partial charge >= 0.3 is 0 Å². The molecule has 3 nitrogen and oxygen atoms in total. The number of hydrogen-bond acceptors (Lipinski definition) is 3. The second-order valence-corrected chi connectivity index (χ2v) is 6.02. The standard InChI is InChI=1S/C18H26ClN3/c1-4-22(5-2)12-7-6-11-20-18-14(3)13-21-16-10-8-9-15(19)17(16)18/h8-10,13H,4-7,11-12H2,1-3H3,(H,20,21). The van der Waals surface area contributed by atoms with Crippen molar-refractivity contribution in [3.05, 3.63) is 35.0 Å². The molecular weight excluding hydrogens is 294 g/mol. The van der Waals surface area contributed by atoms with Crippen molar-refractivity contribution in [2.45, 2.75) is 33.6 Å². The van der Waals surface area contributed by atoms with E-state index in [1.165, 1.54) is 13.0 Å². The van der Waals surface area contributed by atoms with Crippen LogP contribution in [-0.2, 0) is 0 Å². The monoisotopic (exact) mass is 319 g/mol. The zero-order valence-corrected chi connectivity index (χ0v) is 14.6. The molecule has 2 aromatic rings. The molecule has 1 N–H and O–H groups in total. The number of fused-ring (bicyclic) bond motifs is 1. The highest BCUT2D eigenvalue weighted by atomic mass is 35.5. The van der Waals surface area contributed by atoms with Gasteiger partial charge in [0.2, 0.25) is 0 Å². The van der Waals surface area contributed by atoms with Gasteiger partial charge in [0.25, 0.3) is 0 Å². The van der Waals surface area contributed by atoms with Crippen molar-refractivity contribution in [2.24, 2.45) is 0 Å². The molecule has 0 spiro atoms. The van der Waals surface area contributed by atoms with E-state index in [9.17, 15) is 0 Å². The van der Waals surface area contributed by atoms with Gasteiger partial charge in [-0.3, -0.25) is 4.98 Å². The first-order chi connectivity index (χ1) is 10.7. The van der Waals surface area contributed by atoms with E-state index in [2.05, 4.69) is 36.0 Å². The van der Waals surface area contributed by atoms with E-state index in [0.29, 0.717) is 0 Å². The minimum atomic E-state index is 0.763. The lowest BCUT2D eigenvalue weighted by Gasteiger charge is -2.18. The van der Waals surface area contributed by atoms with Crippen molar-refractivity contribution >= 4 is 28.2 Å². The lowest BCUT2D eigenvalue weighted by molar-refractivity contribution is 0.298. The summed E-state index contributed by atoms with van der Waals surface area (Å²) in [7, 11) is 0. The molecule has 0 bridgehead atoms. The van der Waals surface area contributed by atoms with E-state index < -0.39 is 0 Å². The van der Waals surface area contributed by atoms with Crippen LogP contribution in [0.5, 0.6) is 0 Å². The molecule has 4 heteroatoms. The highest BCUT2D eigenvalue weighted by molar-refractivity contribution is 6.36. The maximum Gasteiger partial charge on any atom is 0.0738 e. The molecule has 0 radical (unpaired) electrons. The Hall–Kier alpha value is -1.32. The highest BCUT2D eigenvalue weighted by Crippen LogP contribution is 2.31. The quantitative estimate of drug-likeness (QED) is 0.713. The number of unbranched alkanes of at least 4 members (excludes halogenated alkanes) is 1. The van der Waals surface area contributed by atoms with Crippen LogP contribution in [0.3, 0.4) is 0 Å². The molecule has 1 aromatic carbocycles. The molecule has 1 heterocycles. The fourth-order valence-electron chi connectivity index (χ4n) is 2.74. The van der Waals surface area contributed by atoms with Gasteiger partial charge < -0.3 is 10.2 Å². The lowest BCUT2D eigenvalue weighted by atomic mass is 10.1. The van der Waals surface area contributed by atoms with Crippen LogP contribution < -0.4 is 5.32 Å². The topological polar surface area (TPSA) is 28.2 Å². The van der Waals surface area contributed by atoms with Gasteiger partial charge in [-0.15, -0.1) is 0 Å². The zero-order chi connectivity index (χ0) is 15.9. The van der Waals surface area contributed by atoms with Crippen molar-refractivity contribution in [1.82, 2.24) is 9.88 Å². The van der Waals surface area contributed by atoms with Crippen LogP contribution in [0.4, 0.5) is 5.69 Å². The summed E-state index contributed by atoms with van der Waals surface area (Å²) >= 11 is 6.37. The molecule has 120 valence electrons. The van der Waals surface area contributed by atoms with Gasteiger partial charge in [-0.05, 0) is 57.1 Å². The average Bonchev–Trinajstić information content (AvgIpc) is 2.53. The lowest BCUT2D eigenvalue weighted by Crippen LogP contribution is -2.24. The van der Waals surface area contributed by atoms with Crippen molar-refractivity contribution in [3.8, 4) is 0 Å². The second kappa shape index (κ2) is 8.35. The van der Waals surface area contributed by atoms with Crippen molar-refractivity contribution < 1.29 is 0 Å². The summed E-state index contributed by atoms with van der Waals surface area (Å²) in [4.78, 5) is 6.92. The number of hydrogen-bond donors (Lipinski definition) is 1. The van der Waals surface area contributed by atoms with Gasteiger partial charge in [0.05, 0.1) is 10.5 Å². The predicted octanol–water partition coefficient (Wildman–Crippen LogP) is 4.73. The first-order valence-electron chi connectivity index (χ1n) is 8.17. The maximum absolute atomic E-state index is 6.37. The van der Waals surface area contributed by atoms with Crippen LogP contribution in [0.2, 0.25) is 5.02 Å². The van der Waals surface area contributed by atoms with Gasteiger partial charge in [0, 0.05) is 23.8 Å². The Bertz CT molecular complexity index is 609. The van der Waals surface area contributed by atoms with Crippen LogP contribution in [0.1, 0.15) is 32.3 Å². The van der Waals surface area contributed by atoms with Crippen molar-refractivity contribution in [3.63, 3.8) is 0 Å². The molecule has 0 amide bonds. The summed E-state index contributed by atoms with van der Waals surface area (Å²) in [6.45, 7) is 10.9. The number of aromatic nitrogens is 1. The number of anilines is 1. The third-order valence-corrected chi connectivity index (χ3v) is 4.45. The number of pyridine rings is 1. The van der Waals surface area contributed by atoms with E-state index in [-0.39, 0.29) is 0 Å². The van der Waals surface area contributed by atoms with Crippen LogP contribution in [0.25, 0.3) is 10.9 Å². The third-order valence-electron chi connectivity index (χ3n) is 4.13. The molecule has 22 heavy (non-hydrogen) atoms. The molecule has 2 rings (SSSR count). The van der Waals surface area contributed by atoms with E-state index in [4.69, 9.17) is 11.6 Å². The minimum Gasteiger partial charge on any atom is -0.384 e. The van der Waals surface area contributed by atoms with E-state index in [1.807, 2.05) is 24.4 Å². The Kier molecular flexibility index (Phi) is 6.47. The molecule has 0 aliphatic carbocycles. The summed E-state index contributed by atoms with van der Waals surface area (Å²) < 4.78 is 0. The molecule has 0 atom stereocenters. The molecule has 0 saturated heterocycles. The summed E-state index contributed by atoms with van der Waals surface area (Å²) in [6.07, 6.45) is 4.28. The summed E-state index contributed by atoms with van der Waals surface area (Å²) in [5.41, 5.74) is 3.21. The number of aryl methyl sites for hydroxylation is 1. The molecule has 0 aliphatic rings. The van der Waals surface area contributed by atoms with E-state index in [1.54, 1.807) is 0 Å². The Morgan fingerprint density at radius 1 is 1.18 bits per heavy atom. The van der Waals surface area contributed by atoms with Gasteiger partial charge in [-0.1, -0.05) is 31.5 Å². The van der Waals surface area contributed by atoms with Crippen LogP contribution in [0, 0.1) is 6.92 Å². The average molecular weight is 320 g/mol. The normalized spacial score (nSPS) is 11.3. The summed E-state index contributed by atoms with van der Waals surface area (Å²) in [5, 5.41) is 5.36. The highest BCUT2D eigenvalue weighted by Gasteiger charge is 2.09. The fraction of sp³-hybridized carbons (Fsp3) is 0.500. The summed E-state index contributed by atoms with van der Waals surface area (Å²) in [5.74, 6) is 0. The Labute approximate surface area is 138 Å². The number of nitrogens with zero attached hydrogens (tertiary/aromatic N) is 2. The third kappa shape index (κ3) is 4.11. The van der Waals surface area contributed by atoms with Gasteiger partial charge in [-0.25, -0.2) is 0 Å². The predicted molar refractivity (Wildman–Crippen MR) is 97.0 cm³/mol. The zero-order valence-electron chi connectivity index (χ0n) is 13.8. The van der Waals surface area contributed by atoms with Crippen molar-refractivity contribution in [1.29, 1.82) is 0 Å². The molecule has 0 aliphatic heterocycles. The van der Waals surface area contributed by atoms with Crippen LogP contribution in [0.15, 0.2) is 24.4 Å². The number of benzene rings is 1. The van der Waals surface area contributed by atoms with Crippen LogP contribution in [-0.4, -0.2) is 36.1 Å². The van der Waals surface area contributed by atoms with E-state index in [0.717, 1.165) is 53.2 Å². The Morgan fingerprint density at radius 3 is 2.68 bits per heavy atom. The molecular formula is C18H26ClN3. The van der Waals surface area contributed by atoms with Crippen LogP contribution >= 0.6 is 11.6 Å². The molecule has 0 fully saturated rings. The smallest absolute Gasteiger partial charge is 0.0738 e. The first kappa shape index (κ1) is 17.0. The maximum atomic E-state index is 6.37. The molecule has 1 aromatic heterocycles. The SMILES string of the molecule is CCN(CC)CCCCNc1c(C)cnc2cccc(Cl)c12. The van der Waals surface area contributed by atoms with Crippen molar-refractivity contribution in [2.75, 3.05) is 31.5 Å². The fourth-order valence-corrected chi connectivity index (χ4v) is 3.00.